The van der Waals surface area contributed by atoms with Crippen LogP contribution in [0.4, 0.5) is 0 Å². The lowest BCUT2D eigenvalue weighted by Gasteiger charge is -2.05. The summed E-state index contributed by atoms with van der Waals surface area (Å²) in [7, 11) is 0. The van der Waals surface area contributed by atoms with E-state index < -0.39 is 0 Å². The number of amides is 1. The first-order valence-corrected chi connectivity index (χ1v) is 6.57. The summed E-state index contributed by atoms with van der Waals surface area (Å²) in [4.78, 5) is 11.7. The molecule has 102 valence electrons. The van der Waals surface area contributed by atoms with Crippen molar-refractivity contribution >= 4 is 16.8 Å². The van der Waals surface area contributed by atoms with E-state index in [4.69, 9.17) is 4.42 Å². The predicted molar refractivity (Wildman–Crippen MR) is 75.4 cm³/mol. The highest BCUT2D eigenvalue weighted by molar-refractivity contribution is 5.91. The van der Waals surface area contributed by atoms with Crippen molar-refractivity contribution in [3.8, 4) is 0 Å². The summed E-state index contributed by atoms with van der Waals surface area (Å²) < 4.78 is 6.98. The molecule has 0 aliphatic rings. The van der Waals surface area contributed by atoms with Crippen LogP contribution in [0, 0.1) is 0 Å². The maximum atomic E-state index is 11.7. The molecule has 1 N–H and O–H groups in total. The van der Waals surface area contributed by atoms with Crippen molar-refractivity contribution in [3.05, 3.63) is 54.6 Å². The number of hydrogen-bond acceptors (Lipinski definition) is 3. The van der Waals surface area contributed by atoms with E-state index >= 15 is 0 Å². The number of fused-ring (bicyclic) bond motifs is 1. The van der Waals surface area contributed by atoms with Crippen molar-refractivity contribution in [2.75, 3.05) is 6.54 Å². The molecular weight excluding hydrogens is 254 g/mol. The lowest BCUT2D eigenvalue weighted by molar-refractivity contribution is 0.0925. The number of carbonyl (C=O) groups is 1. The molecule has 0 aliphatic heterocycles. The third-order valence-corrected chi connectivity index (χ3v) is 3.13. The Morgan fingerprint density at radius 2 is 2.15 bits per heavy atom. The van der Waals surface area contributed by atoms with Crippen molar-refractivity contribution in [2.24, 2.45) is 0 Å². The topological polar surface area (TPSA) is 60.1 Å². The third-order valence-electron chi connectivity index (χ3n) is 3.13. The van der Waals surface area contributed by atoms with Gasteiger partial charge in [0.25, 0.3) is 5.91 Å². The maximum absolute atomic E-state index is 11.7. The van der Waals surface area contributed by atoms with Gasteiger partial charge in [0.1, 0.15) is 0 Å². The molecule has 0 radical (unpaired) electrons. The summed E-state index contributed by atoms with van der Waals surface area (Å²) in [6.45, 7) is 1.36. The van der Waals surface area contributed by atoms with Gasteiger partial charge < -0.3 is 9.73 Å². The minimum absolute atomic E-state index is 0.180. The van der Waals surface area contributed by atoms with Crippen LogP contribution in [-0.2, 0) is 6.54 Å². The standard InChI is InChI=1S/C15H15N3O2/c19-15(14-7-3-10-20-14)16-8-4-9-18-13-6-2-1-5-12(13)11-17-18/h1-3,5-7,10-11H,4,8-9H2,(H,16,19). The van der Waals surface area contributed by atoms with Crippen LogP contribution < -0.4 is 5.32 Å². The van der Waals surface area contributed by atoms with Crippen LogP contribution in [0.5, 0.6) is 0 Å². The fourth-order valence-corrected chi connectivity index (χ4v) is 2.13. The number of benzene rings is 1. The molecule has 1 aromatic carbocycles. The van der Waals surface area contributed by atoms with Crippen molar-refractivity contribution in [2.45, 2.75) is 13.0 Å². The highest BCUT2D eigenvalue weighted by Crippen LogP contribution is 2.12. The fourth-order valence-electron chi connectivity index (χ4n) is 2.13. The molecule has 1 amide bonds. The number of carbonyl (C=O) groups excluding carboxylic acids is 1. The molecule has 0 bridgehead atoms. The van der Waals surface area contributed by atoms with Crippen molar-refractivity contribution in [1.29, 1.82) is 0 Å². The summed E-state index contributed by atoms with van der Waals surface area (Å²) in [5, 5.41) is 8.30. The first kappa shape index (κ1) is 12.5. The molecule has 0 fully saturated rings. The number of para-hydroxylation sites is 1. The Kier molecular flexibility index (Phi) is 3.50. The van der Waals surface area contributed by atoms with Crippen LogP contribution in [0.2, 0.25) is 0 Å². The quantitative estimate of drug-likeness (QED) is 0.724. The van der Waals surface area contributed by atoms with Gasteiger partial charge in [-0.25, -0.2) is 0 Å². The van der Waals surface area contributed by atoms with Gasteiger partial charge in [0.15, 0.2) is 5.76 Å². The van der Waals surface area contributed by atoms with Gasteiger partial charge in [0, 0.05) is 18.5 Å². The van der Waals surface area contributed by atoms with Crippen LogP contribution in [0.3, 0.4) is 0 Å². The van der Waals surface area contributed by atoms with Crippen LogP contribution >= 0.6 is 0 Å². The number of furan rings is 1. The van der Waals surface area contributed by atoms with E-state index in [1.165, 1.54) is 6.26 Å². The average molecular weight is 269 g/mol. The molecule has 5 heteroatoms. The van der Waals surface area contributed by atoms with Gasteiger partial charge in [0.05, 0.1) is 18.0 Å². The van der Waals surface area contributed by atoms with E-state index in [-0.39, 0.29) is 5.91 Å². The number of aryl methyl sites for hydroxylation is 1. The molecule has 20 heavy (non-hydrogen) atoms. The van der Waals surface area contributed by atoms with Gasteiger partial charge in [-0.2, -0.15) is 5.10 Å². The van der Waals surface area contributed by atoms with Crippen LogP contribution in [0.25, 0.3) is 10.9 Å². The molecular formula is C15H15N3O2. The van der Waals surface area contributed by atoms with Crippen molar-refractivity contribution in [3.63, 3.8) is 0 Å². The Balaban J connectivity index is 1.52. The number of aromatic nitrogens is 2. The molecule has 0 saturated carbocycles. The average Bonchev–Trinajstić information content (AvgIpc) is 3.13. The number of hydrogen-bond donors (Lipinski definition) is 1. The molecule has 3 rings (SSSR count). The molecule has 0 atom stereocenters. The lowest BCUT2D eigenvalue weighted by Crippen LogP contribution is -2.24. The molecule has 2 aromatic heterocycles. The molecule has 0 spiro atoms. The van der Waals surface area contributed by atoms with Crippen molar-refractivity contribution < 1.29 is 9.21 Å². The number of nitrogens with zero attached hydrogens (tertiary/aromatic N) is 2. The Labute approximate surface area is 116 Å². The Hall–Kier alpha value is -2.56. The summed E-state index contributed by atoms with van der Waals surface area (Å²) in [6, 6.07) is 11.4. The SMILES string of the molecule is O=C(NCCCn1ncc2ccccc21)c1ccco1. The second kappa shape index (κ2) is 5.61. The molecule has 2 heterocycles. The molecule has 3 aromatic rings. The third kappa shape index (κ3) is 2.56. The smallest absolute Gasteiger partial charge is 0.286 e. The normalized spacial score (nSPS) is 10.8. The van der Waals surface area contributed by atoms with E-state index in [1.807, 2.05) is 35.1 Å². The van der Waals surface area contributed by atoms with Crippen LogP contribution in [0.15, 0.2) is 53.3 Å². The van der Waals surface area contributed by atoms with E-state index in [0.29, 0.717) is 12.3 Å². The molecule has 0 aliphatic carbocycles. The maximum Gasteiger partial charge on any atom is 0.286 e. The van der Waals surface area contributed by atoms with Crippen LogP contribution in [-0.4, -0.2) is 22.2 Å². The highest BCUT2D eigenvalue weighted by atomic mass is 16.3. The monoisotopic (exact) mass is 269 g/mol. The second-order valence-corrected chi connectivity index (χ2v) is 4.51. The van der Waals surface area contributed by atoms with E-state index in [2.05, 4.69) is 10.4 Å². The fraction of sp³-hybridized carbons (Fsp3) is 0.200. The van der Waals surface area contributed by atoms with Gasteiger partial charge in [-0.15, -0.1) is 0 Å². The molecule has 0 unspecified atom stereocenters. The number of rotatable bonds is 5. The largest absolute Gasteiger partial charge is 0.459 e. The first-order valence-electron chi connectivity index (χ1n) is 6.57. The predicted octanol–water partition coefficient (Wildman–Crippen LogP) is 2.45. The Morgan fingerprint density at radius 3 is 3.00 bits per heavy atom. The zero-order chi connectivity index (χ0) is 13.8. The molecule has 0 saturated heterocycles. The van der Waals surface area contributed by atoms with Gasteiger partial charge in [-0.3, -0.25) is 9.48 Å². The van der Waals surface area contributed by atoms with Gasteiger partial charge in [0.2, 0.25) is 0 Å². The van der Waals surface area contributed by atoms with Gasteiger partial charge in [-0.05, 0) is 24.6 Å². The van der Waals surface area contributed by atoms with Gasteiger partial charge >= 0.3 is 0 Å². The minimum atomic E-state index is -0.180. The van der Waals surface area contributed by atoms with E-state index in [9.17, 15) is 4.79 Å². The zero-order valence-corrected chi connectivity index (χ0v) is 11.0. The Morgan fingerprint density at radius 1 is 1.25 bits per heavy atom. The zero-order valence-electron chi connectivity index (χ0n) is 11.0. The first-order chi connectivity index (χ1) is 9.84. The Bertz CT molecular complexity index is 701. The van der Waals surface area contributed by atoms with E-state index in [0.717, 1.165) is 23.9 Å². The lowest BCUT2D eigenvalue weighted by atomic mass is 10.2. The number of nitrogens with one attached hydrogen (secondary N) is 1. The summed E-state index contributed by atoms with van der Waals surface area (Å²) in [5.74, 6) is 0.162. The minimum Gasteiger partial charge on any atom is -0.459 e. The summed E-state index contributed by atoms with van der Waals surface area (Å²) in [5.41, 5.74) is 1.12. The second-order valence-electron chi connectivity index (χ2n) is 4.51. The van der Waals surface area contributed by atoms with Crippen molar-refractivity contribution in [1.82, 2.24) is 15.1 Å². The summed E-state index contributed by atoms with van der Waals surface area (Å²) in [6.07, 6.45) is 4.17. The van der Waals surface area contributed by atoms with Gasteiger partial charge in [-0.1, -0.05) is 18.2 Å². The highest BCUT2D eigenvalue weighted by Gasteiger charge is 2.07. The molecule has 5 nitrogen and oxygen atoms in total. The summed E-state index contributed by atoms with van der Waals surface area (Å²) >= 11 is 0. The van der Waals surface area contributed by atoms with E-state index in [1.54, 1.807) is 12.1 Å². The van der Waals surface area contributed by atoms with Crippen LogP contribution in [0.1, 0.15) is 17.0 Å².